The molecule has 0 saturated carbocycles. The average molecular weight is 681 g/mol. The van der Waals surface area contributed by atoms with E-state index in [1.807, 2.05) is 0 Å². The normalized spacial score (nSPS) is 19.6. The Kier molecular flexibility index (Phi) is 11.6. The van der Waals surface area contributed by atoms with Crippen LogP contribution in [0.2, 0.25) is 0 Å². The van der Waals surface area contributed by atoms with Crippen molar-refractivity contribution in [2.24, 2.45) is 0 Å². The Hall–Kier alpha value is -5.91. The van der Waals surface area contributed by atoms with Gasteiger partial charge in [-0.3, -0.25) is 67.5 Å². The molecule has 9 amide bonds. The number of nitrogens with one attached hydrogen (secondary N) is 2. The van der Waals surface area contributed by atoms with Crippen molar-refractivity contribution >= 4 is 65.4 Å². The Morgan fingerprint density at radius 1 is 0.633 bits per heavy atom. The lowest BCUT2D eigenvalue weighted by Crippen LogP contribution is -2.52. The summed E-state index contributed by atoms with van der Waals surface area (Å²) in [6.45, 7) is -0.915. The van der Waals surface area contributed by atoms with Crippen molar-refractivity contribution in [1.82, 2.24) is 30.2 Å². The van der Waals surface area contributed by atoms with E-state index in [1.165, 1.54) is 0 Å². The Morgan fingerprint density at radius 2 is 1.06 bits per heavy atom. The first-order valence-corrected chi connectivity index (χ1v) is 15.2. The SMILES string of the molecule is O=CC(CC(CN1C(=O)C=CC1=O)N1C(=O)C=CC1=O)NCC(CCC(=O)O)NC(=O)CCC(CN1C(=O)C=CC1=O)N1C(=O)C=CC1=O. The maximum Gasteiger partial charge on any atom is 0.303 e. The van der Waals surface area contributed by atoms with Crippen LogP contribution < -0.4 is 10.6 Å². The number of hydrogen-bond donors (Lipinski definition) is 3. The fraction of sp³-hybridized carbons (Fsp3) is 0.387. The third-order valence-corrected chi connectivity index (χ3v) is 8.10. The molecule has 3 N–H and O–H groups in total. The van der Waals surface area contributed by atoms with E-state index < -0.39 is 89.8 Å². The van der Waals surface area contributed by atoms with Crippen LogP contribution in [0.15, 0.2) is 48.6 Å². The summed E-state index contributed by atoms with van der Waals surface area (Å²) in [5.41, 5.74) is 0. The number of imide groups is 4. The fourth-order valence-corrected chi connectivity index (χ4v) is 5.64. The van der Waals surface area contributed by atoms with E-state index in [2.05, 4.69) is 10.6 Å². The van der Waals surface area contributed by atoms with Gasteiger partial charge in [0, 0.05) is 74.0 Å². The molecule has 49 heavy (non-hydrogen) atoms. The van der Waals surface area contributed by atoms with Gasteiger partial charge in [-0.25, -0.2) is 0 Å². The molecular weight excluding hydrogens is 648 g/mol. The third-order valence-electron chi connectivity index (χ3n) is 8.10. The summed E-state index contributed by atoms with van der Waals surface area (Å²) in [6.07, 6.45) is 7.46. The van der Waals surface area contributed by atoms with Crippen LogP contribution in [-0.4, -0.2) is 134 Å². The second-order valence-electron chi connectivity index (χ2n) is 11.4. The molecule has 18 heteroatoms. The lowest BCUT2D eigenvalue weighted by atomic mass is 10.0. The number of nitrogens with zero attached hydrogens (tertiary/aromatic N) is 4. The highest BCUT2D eigenvalue weighted by Crippen LogP contribution is 2.19. The van der Waals surface area contributed by atoms with Gasteiger partial charge < -0.3 is 20.5 Å². The van der Waals surface area contributed by atoms with Crippen LogP contribution in [0.25, 0.3) is 0 Å². The number of aliphatic carboxylic acids is 1. The van der Waals surface area contributed by atoms with Crippen LogP contribution in [0.3, 0.4) is 0 Å². The van der Waals surface area contributed by atoms with Gasteiger partial charge in [-0.05, 0) is 19.3 Å². The van der Waals surface area contributed by atoms with Gasteiger partial charge in [0.15, 0.2) is 0 Å². The predicted octanol–water partition coefficient (Wildman–Crippen LogP) is -2.90. The monoisotopic (exact) mass is 680 g/mol. The summed E-state index contributed by atoms with van der Waals surface area (Å²) in [5.74, 6) is -7.23. The molecule has 4 aliphatic rings. The Bertz CT molecular complexity index is 1540. The third kappa shape index (κ3) is 8.92. The molecule has 0 aromatic rings. The highest BCUT2D eigenvalue weighted by molar-refractivity contribution is 6.15. The lowest BCUT2D eigenvalue weighted by Gasteiger charge is -2.31. The molecule has 4 heterocycles. The zero-order valence-corrected chi connectivity index (χ0v) is 25.9. The molecule has 0 aliphatic carbocycles. The number of amides is 9. The summed E-state index contributed by atoms with van der Waals surface area (Å²) in [5, 5.41) is 14.8. The maximum absolute atomic E-state index is 13.1. The summed E-state index contributed by atoms with van der Waals surface area (Å²) in [7, 11) is 0. The molecule has 0 spiro atoms. The van der Waals surface area contributed by atoms with Crippen molar-refractivity contribution in [1.29, 1.82) is 0 Å². The van der Waals surface area contributed by atoms with E-state index >= 15 is 0 Å². The minimum atomic E-state index is -1.18. The van der Waals surface area contributed by atoms with Gasteiger partial charge in [0.25, 0.3) is 47.3 Å². The first-order valence-electron chi connectivity index (χ1n) is 15.2. The molecule has 4 atom stereocenters. The molecule has 0 aromatic carbocycles. The van der Waals surface area contributed by atoms with E-state index in [1.54, 1.807) is 0 Å². The van der Waals surface area contributed by atoms with E-state index in [-0.39, 0.29) is 45.2 Å². The van der Waals surface area contributed by atoms with Gasteiger partial charge in [0.2, 0.25) is 5.91 Å². The molecule has 0 saturated heterocycles. The summed E-state index contributed by atoms with van der Waals surface area (Å²) < 4.78 is 0. The molecule has 0 radical (unpaired) electrons. The van der Waals surface area contributed by atoms with Crippen molar-refractivity contribution < 1.29 is 57.8 Å². The van der Waals surface area contributed by atoms with Gasteiger partial charge >= 0.3 is 5.97 Å². The zero-order valence-electron chi connectivity index (χ0n) is 25.9. The van der Waals surface area contributed by atoms with E-state index in [4.69, 9.17) is 0 Å². The number of carbonyl (C=O) groups is 11. The summed E-state index contributed by atoms with van der Waals surface area (Å²) in [4.78, 5) is 138. The minimum Gasteiger partial charge on any atom is -0.481 e. The van der Waals surface area contributed by atoms with Crippen molar-refractivity contribution in [3.05, 3.63) is 48.6 Å². The number of carbonyl (C=O) groups excluding carboxylic acids is 10. The molecule has 4 aliphatic heterocycles. The zero-order chi connectivity index (χ0) is 35.8. The first-order chi connectivity index (χ1) is 23.3. The van der Waals surface area contributed by atoms with Gasteiger partial charge in [-0.2, -0.15) is 0 Å². The summed E-state index contributed by atoms with van der Waals surface area (Å²) >= 11 is 0. The second-order valence-corrected chi connectivity index (χ2v) is 11.4. The van der Waals surface area contributed by atoms with Crippen LogP contribution in [0.5, 0.6) is 0 Å². The molecule has 0 fully saturated rings. The van der Waals surface area contributed by atoms with Crippen LogP contribution in [0.1, 0.15) is 32.1 Å². The first kappa shape index (κ1) is 35.9. The van der Waals surface area contributed by atoms with Gasteiger partial charge in [0.1, 0.15) is 6.29 Å². The Balaban J connectivity index is 1.40. The van der Waals surface area contributed by atoms with Crippen LogP contribution in [-0.2, 0) is 52.7 Å². The van der Waals surface area contributed by atoms with Crippen molar-refractivity contribution in [2.45, 2.75) is 56.3 Å². The van der Waals surface area contributed by atoms with E-state index in [9.17, 15) is 57.8 Å². The highest BCUT2D eigenvalue weighted by atomic mass is 16.4. The number of aldehydes is 1. The number of carboxylic acids is 1. The molecule has 0 bridgehead atoms. The van der Waals surface area contributed by atoms with Crippen molar-refractivity contribution in [2.75, 3.05) is 19.6 Å². The number of hydrogen-bond acceptors (Lipinski definition) is 12. The van der Waals surface area contributed by atoms with Crippen LogP contribution >= 0.6 is 0 Å². The molecule has 18 nitrogen and oxygen atoms in total. The molecule has 0 aromatic heterocycles. The van der Waals surface area contributed by atoms with Crippen molar-refractivity contribution in [3.63, 3.8) is 0 Å². The minimum absolute atomic E-state index is 0.0998. The van der Waals surface area contributed by atoms with E-state index in [0.717, 1.165) is 68.2 Å². The largest absolute Gasteiger partial charge is 0.481 e. The molecule has 258 valence electrons. The lowest BCUT2D eigenvalue weighted by molar-refractivity contribution is -0.145. The topological polar surface area (TPSA) is 245 Å². The standard InChI is InChI=1S/C31H32N6O12/c38-17-19(13-21(37-29(46)10-11-30(37)47)16-35-25(42)6-7-26(35)43)32-14-18(1-12-31(48)49)33-22(39)3-2-20(36-27(44)8-9-28(36)45)15-34-23(40)4-5-24(34)41/h4-11,17-21,32H,1-3,12-16H2,(H,33,39)(H,48,49). The highest BCUT2D eigenvalue weighted by Gasteiger charge is 2.38. The van der Waals surface area contributed by atoms with Crippen LogP contribution in [0, 0.1) is 0 Å². The van der Waals surface area contributed by atoms with Crippen LogP contribution in [0.4, 0.5) is 0 Å². The Morgan fingerprint density at radius 3 is 1.51 bits per heavy atom. The van der Waals surface area contributed by atoms with Gasteiger partial charge in [-0.15, -0.1) is 0 Å². The quantitative estimate of drug-likeness (QED) is 0.0917. The number of rotatable bonds is 19. The van der Waals surface area contributed by atoms with Gasteiger partial charge in [-0.1, -0.05) is 0 Å². The van der Waals surface area contributed by atoms with E-state index in [0.29, 0.717) is 6.29 Å². The average Bonchev–Trinajstić information content (AvgIpc) is 3.77. The summed E-state index contributed by atoms with van der Waals surface area (Å²) in [6, 6.07) is -4.13. The molecule has 4 rings (SSSR count). The molecule has 4 unspecified atom stereocenters. The van der Waals surface area contributed by atoms with Gasteiger partial charge in [0.05, 0.1) is 31.2 Å². The smallest absolute Gasteiger partial charge is 0.303 e. The molecular formula is C31H32N6O12. The predicted molar refractivity (Wildman–Crippen MR) is 162 cm³/mol. The fourth-order valence-electron chi connectivity index (χ4n) is 5.64. The maximum atomic E-state index is 13.1. The second kappa shape index (κ2) is 15.8. The van der Waals surface area contributed by atoms with Crippen molar-refractivity contribution in [3.8, 4) is 0 Å². The number of carboxylic acid groups (broad SMARTS) is 1. The Labute approximate surface area is 278 Å².